The zero-order chi connectivity index (χ0) is 24.7. The van der Waals surface area contributed by atoms with Crippen LogP contribution in [0, 0.1) is 20.2 Å². The normalized spacial score (nSPS) is 13.1. The van der Waals surface area contributed by atoms with Gasteiger partial charge in [0.25, 0.3) is 11.4 Å². The summed E-state index contributed by atoms with van der Waals surface area (Å²) in [6, 6.07) is 12.9. The number of hydrogen-bond acceptors (Lipinski definition) is 6. The molecule has 5 rings (SSSR count). The molecule has 0 aliphatic heterocycles. The number of rotatable bonds is 6. The van der Waals surface area contributed by atoms with Crippen molar-refractivity contribution < 1.29 is 19.4 Å². The number of anilines is 1. The summed E-state index contributed by atoms with van der Waals surface area (Å²) in [7, 11) is 0. The summed E-state index contributed by atoms with van der Waals surface area (Å²) in [6.07, 6.45) is 3.10. The van der Waals surface area contributed by atoms with Crippen LogP contribution in [0.15, 0.2) is 42.5 Å². The van der Waals surface area contributed by atoms with E-state index in [2.05, 4.69) is 23.5 Å². The molecule has 0 spiro atoms. The summed E-state index contributed by atoms with van der Waals surface area (Å²) < 4.78 is 5.27. The van der Waals surface area contributed by atoms with Crippen molar-refractivity contribution in [3.05, 3.63) is 96.1 Å². The quantitative estimate of drug-likeness (QED) is 0.363. The molecular weight excluding hydrogens is 450 g/mol. The third kappa shape index (κ3) is 4.09. The van der Waals surface area contributed by atoms with Crippen LogP contribution in [0.2, 0.25) is 0 Å². The van der Waals surface area contributed by atoms with E-state index in [9.17, 15) is 25.0 Å². The fourth-order valence-corrected chi connectivity index (χ4v) is 5.26. The Labute approximate surface area is 201 Å². The van der Waals surface area contributed by atoms with Gasteiger partial charge in [0.15, 0.2) is 0 Å². The zero-order valence-electron chi connectivity index (χ0n) is 19.1. The maximum Gasteiger partial charge on any atom is 0.411 e. The molecule has 0 heterocycles. The van der Waals surface area contributed by atoms with Crippen molar-refractivity contribution in [2.24, 2.45) is 0 Å². The minimum atomic E-state index is -0.727. The Hall–Kier alpha value is -4.27. The summed E-state index contributed by atoms with van der Waals surface area (Å²) in [6.45, 7) is 1.29. The summed E-state index contributed by atoms with van der Waals surface area (Å²) >= 11 is 0. The smallest absolute Gasteiger partial charge is 0.411 e. The molecule has 0 radical (unpaired) electrons. The number of nitrogens with zero attached hydrogens (tertiary/aromatic N) is 2. The first-order valence-corrected chi connectivity index (χ1v) is 11.5. The Morgan fingerprint density at radius 3 is 1.91 bits per heavy atom. The molecule has 0 saturated carbocycles. The number of carbonyl (C=O) groups is 1. The Morgan fingerprint density at radius 2 is 1.40 bits per heavy atom. The second-order valence-electron chi connectivity index (χ2n) is 8.80. The van der Waals surface area contributed by atoms with E-state index in [1.807, 2.05) is 12.1 Å². The van der Waals surface area contributed by atoms with Gasteiger partial charge in [-0.15, -0.1) is 0 Å². The molecule has 0 atom stereocenters. The number of nitro benzene ring substituents is 2. The number of aryl methyl sites for hydroxylation is 4. The van der Waals surface area contributed by atoms with Crippen molar-refractivity contribution in [1.29, 1.82) is 0 Å². The Morgan fingerprint density at radius 1 is 0.886 bits per heavy atom. The van der Waals surface area contributed by atoms with Gasteiger partial charge in [0.2, 0.25) is 0 Å². The first-order valence-electron chi connectivity index (χ1n) is 11.5. The molecule has 0 fully saturated rings. The lowest BCUT2D eigenvalue weighted by Crippen LogP contribution is -2.17. The summed E-state index contributed by atoms with van der Waals surface area (Å²) in [5.74, 6) is 0. The third-order valence-corrected chi connectivity index (χ3v) is 6.74. The Balaban J connectivity index is 1.35. The molecule has 178 valence electrons. The molecule has 1 N–H and O–H groups in total. The fraction of sp³-hybridized carbons (Fsp3) is 0.269. The highest BCUT2D eigenvalue weighted by Crippen LogP contribution is 2.43. The lowest BCUT2D eigenvalue weighted by atomic mass is 9.75. The van der Waals surface area contributed by atoms with E-state index < -0.39 is 15.9 Å². The van der Waals surface area contributed by atoms with E-state index in [0.717, 1.165) is 25.7 Å². The molecule has 3 aromatic rings. The summed E-state index contributed by atoms with van der Waals surface area (Å²) in [5, 5.41) is 25.6. The van der Waals surface area contributed by atoms with Gasteiger partial charge in [0, 0.05) is 23.4 Å². The number of nitrogens with one attached hydrogen (secondary N) is 1. The zero-order valence-corrected chi connectivity index (χ0v) is 19.1. The molecule has 9 nitrogen and oxygen atoms in total. The molecular formula is C26H23N3O6. The van der Waals surface area contributed by atoms with Crippen LogP contribution in [0.5, 0.6) is 0 Å². The standard InChI is InChI=1S/C26H23N3O6/c1-2-21-22(28(31)32)10-15(11-23(21)29(33)34)14-35-26(30)27-20-12-18-8-6-16-4-3-5-17-7-9-19(13-20)25(18)24(16)17/h3-5,10-13H,2,6-9,14H2,1H3,(H,27,30). The van der Waals surface area contributed by atoms with Gasteiger partial charge in [-0.3, -0.25) is 25.5 Å². The van der Waals surface area contributed by atoms with Crippen LogP contribution < -0.4 is 5.32 Å². The lowest BCUT2D eigenvalue weighted by Gasteiger charge is -2.29. The molecule has 2 aliphatic rings. The van der Waals surface area contributed by atoms with Crippen molar-refractivity contribution in [3.8, 4) is 11.1 Å². The Bertz CT molecular complexity index is 1320. The van der Waals surface area contributed by atoms with Crippen LogP contribution in [0.25, 0.3) is 11.1 Å². The molecule has 2 aliphatic carbocycles. The average Bonchev–Trinajstić information content (AvgIpc) is 2.85. The molecule has 0 aromatic heterocycles. The maximum atomic E-state index is 12.5. The van der Waals surface area contributed by atoms with Crippen molar-refractivity contribution in [1.82, 2.24) is 0 Å². The molecule has 9 heteroatoms. The van der Waals surface area contributed by atoms with Gasteiger partial charge >= 0.3 is 6.09 Å². The Kier molecular flexibility index (Phi) is 5.68. The minimum absolute atomic E-state index is 0.0426. The monoisotopic (exact) mass is 473 g/mol. The number of hydrogen-bond donors (Lipinski definition) is 1. The minimum Gasteiger partial charge on any atom is -0.444 e. The predicted molar refractivity (Wildman–Crippen MR) is 130 cm³/mol. The molecule has 1 amide bonds. The van der Waals surface area contributed by atoms with Crippen LogP contribution in [-0.2, 0) is 43.4 Å². The van der Waals surface area contributed by atoms with Gasteiger partial charge in [-0.25, -0.2) is 4.79 Å². The second kappa shape index (κ2) is 8.83. The van der Waals surface area contributed by atoms with Crippen molar-refractivity contribution in [2.75, 3.05) is 5.32 Å². The highest BCUT2D eigenvalue weighted by Gasteiger charge is 2.27. The van der Waals surface area contributed by atoms with Crippen molar-refractivity contribution in [2.45, 2.75) is 45.6 Å². The SMILES string of the molecule is CCc1c([N+](=O)[O-])cc(COC(=O)Nc2cc3c4c(c2)CCc2cccc(c2-4)CC3)cc1[N+](=O)[O-]. The topological polar surface area (TPSA) is 125 Å². The van der Waals surface area contributed by atoms with Crippen LogP contribution in [0.4, 0.5) is 21.9 Å². The van der Waals surface area contributed by atoms with Gasteiger partial charge in [0.05, 0.1) is 9.85 Å². The predicted octanol–water partition coefficient (Wildman–Crippen LogP) is 5.68. The second-order valence-corrected chi connectivity index (χ2v) is 8.80. The fourth-order valence-electron chi connectivity index (χ4n) is 5.26. The molecule has 0 saturated heterocycles. The number of carbonyl (C=O) groups excluding carboxylic acids is 1. The van der Waals surface area contributed by atoms with Crippen molar-refractivity contribution in [3.63, 3.8) is 0 Å². The van der Waals surface area contributed by atoms with Gasteiger partial charge in [-0.1, -0.05) is 25.1 Å². The lowest BCUT2D eigenvalue weighted by molar-refractivity contribution is -0.395. The van der Waals surface area contributed by atoms with Gasteiger partial charge in [-0.2, -0.15) is 0 Å². The van der Waals surface area contributed by atoms with Gasteiger partial charge < -0.3 is 4.74 Å². The third-order valence-electron chi connectivity index (χ3n) is 6.74. The first-order chi connectivity index (χ1) is 16.9. The van der Waals surface area contributed by atoms with Crippen molar-refractivity contribution >= 4 is 23.2 Å². The van der Waals surface area contributed by atoms with Gasteiger partial charge in [-0.05, 0) is 77.6 Å². The molecule has 3 aromatic carbocycles. The molecule has 0 bridgehead atoms. The largest absolute Gasteiger partial charge is 0.444 e. The highest BCUT2D eigenvalue weighted by atomic mass is 16.6. The van der Waals surface area contributed by atoms with Crippen LogP contribution in [0.3, 0.4) is 0 Å². The van der Waals surface area contributed by atoms with E-state index in [0.29, 0.717) is 5.69 Å². The number of amides is 1. The molecule has 0 unspecified atom stereocenters. The highest BCUT2D eigenvalue weighted by molar-refractivity contribution is 5.88. The number of nitro groups is 2. The number of benzene rings is 3. The maximum absolute atomic E-state index is 12.5. The number of ether oxygens (including phenoxy) is 1. The summed E-state index contributed by atoms with van der Waals surface area (Å²) in [5.41, 5.74) is 7.89. The van der Waals surface area contributed by atoms with E-state index in [1.54, 1.807) is 6.92 Å². The van der Waals surface area contributed by atoms with E-state index >= 15 is 0 Å². The summed E-state index contributed by atoms with van der Waals surface area (Å²) in [4.78, 5) is 34.0. The van der Waals surface area contributed by atoms with E-state index in [1.165, 1.54) is 45.5 Å². The van der Waals surface area contributed by atoms with Crippen LogP contribution in [-0.4, -0.2) is 15.9 Å². The van der Waals surface area contributed by atoms with Crippen LogP contribution in [0.1, 0.15) is 40.3 Å². The van der Waals surface area contributed by atoms with Gasteiger partial charge in [0.1, 0.15) is 12.2 Å². The van der Waals surface area contributed by atoms with E-state index in [-0.39, 0.29) is 35.5 Å². The van der Waals surface area contributed by atoms with E-state index in [4.69, 9.17) is 4.74 Å². The molecule has 35 heavy (non-hydrogen) atoms. The first kappa shape index (κ1) is 22.5. The van der Waals surface area contributed by atoms with Crippen LogP contribution >= 0.6 is 0 Å². The average molecular weight is 473 g/mol.